The molecule has 4 nitrogen and oxygen atoms in total. The van der Waals surface area contributed by atoms with Crippen molar-refractivity contribution < 1.29 is 8.42 Å². The summed E-state index contributed by atoms with van der Waals surface area (Å²) in [5, 5.41) is -0.356. The number of hydrogen-bond donors (Lipinski definition) is 1. The molecule has 0 radical (unpaired) electrons. The van der Waals surface area contributed by atoms with Crippen LogP contribution in [0.3, 0.4) is 0 Å². The Labute approximate surface area is 110 Å². The van der Waals surface area contributed by atoms with Gasteiger partial charge in [0.05, 0.1) is 0 Å². The number of nitrogens with one attached hydrogen (secondary N) is 1. The van der Waals surface area contributed by atoms with Crippen molar-refractivity contribution in [2.75, 3.05) is 25.3 Å². The second-order valence-corrected chi connectivity index (χ2v) is 7.14. The van der Waals surface area contributed by atoms with E-state index in [1.165, 1.54) is 32.1 Å². The number of halogens is 1. The van der Waals surface area contributed by atoms with Gasteiger partial charge in [-0.3, -0.25) is 0 Å². The van der Waals surface area contributed by atoms with Crippen LogP contribution in [0.1, 0.15) is 38.5 Å². The van der Waals surface area contributed by atoms with Crippen LogP contribution in [0, 0.1) is 0 Å². The SMILES string of the molecule is CN(CCCNS(=O)(=O)CCl)C1CCCCC1. The van der Waals surface area contributed by atoms with Crippen molar-refractivity contribution in [2.24, 2.45) is 0 Å². The summed E-state index contributed by atoms with van der Waals surface area (Å²) < 4.78 is 24.7. The van der Waals surface area contributed by atoms with Crippen molar-refractivity contribution in [3.05, 3.63) is 0 Å². The van der Waals surface area contributed by atoms with E-state index in [0.717, 1.165) is 13.0 Å². The molecule has 0 aliphatic heterocycles. The lowest BCUT2D eigenvalue weighted by atomic mass is 9.94. The molecule has 1 aliphatic carbocycles. The number of hydrogen-bond acceptors (Lipinski definition) is 3. The molecule has 0 aromatic carbocycles. The molecule has 1 saturated carbocycles. The third kappa shape index (κ3) is 6.04. The molecule has 0 aromatic heterocycles. The first-order chi connectivity index (χ1) is 8.05. The zero-order valence-electron chi connectivity index (χ0n) is 10.5. The van der Waals surface area contributed by atoms with Gasteiger partial charge in [0, 0.05) is 12.6 Å². The largest absolute Gasteiger partial charge is 0.303 e. The summed E-state index contributed by atoms with van der Waals surface area (Å²) in [6.45, 7) is 1.42. The van der Waals surface area contributed by atoms with Crippen LogP contribution in [-0.4, -0.2) is 44.7 Å². The Morgan fingerprint density at radius 2 is 1.94 bits per heavy atom. The lowest BCUT2D eigenvalue weighted by Crippen LogP contribution is -2.36. The maximum Gasteiger partial charge on any atom is 0.225 e. The molecule has 0 spiro atoms. The molecule has 0 atom stereocenters. The van der Waals surface area contributed by atoms with Gasteiger partial charge in [-0.05, 0) is 32.9 Å². The Morgan fingerprint density at radius 1 is 1.29 bits per heavy atom. The molecule has 1 aliphatic rings. The van der Waals surface area contributed by atoms with Gasteiger partial charge in [0.1, 0.15) is 5.21 Å². The maximum atomic E-state index is 11.1. The summed E-state index contributed by atoms with van der Waals surface area (Å²) in [5.41, 5.74) is 0. The fraction of sp³-hybridized carbons (Fsp3) is 1.00. The summed E-state index contributed by atoms with van der Waals surface area (Å²) in [6, 6.07) is 0.688. The normalized spacial score (nSPS) is 18.8. The lowest BCUT2D eigenvalue weighted by Gasteiger charge is -2.31. The maximum absolute atomic E-state index is 11.1. The van der Waals surface area contributed by atoms with Crippen LogP contribution in [0.15, 0.2) is 0 Å². The highest BCUT2D eigenvalue weighted by Crippen LogP contribution is 2.21. The third-order valence-electron chi connectivity index (χ3n) is 3.35. The van der Waals surface area contributed by atoms with E-state index in [-0.39, 0.29) is 5.21 Å². The Hall–Kier alpha value is 0.160. The van der Waals surface area contributed by atoms with Gasteiger partial charge in [-0.15, -0.1) is 11.6 Å². The molecular weight excluding hydrogens is 260 g/mol. The average molecular weight is 283 g/mol. The van der Waals surface area contributed by atoms with Crippen LogP contribution in [0.5, 0.6) is 0 Å². The molecule has 1 fully saturated rings. The summed E-state index contributed by atoms with van der Waals surface area (Å²) in [4.78, 5) is 2.36. The van der Waals surface area contributed by atoms with E-state index in [0.29, 0.717) is 12.6 Å². The Bertz CT molecular complexity index is 303. The molecule has 0 heterocycles. The minimum absolute atomic E-state index is 0.356. The standard InChI is InChI=1S/C11H23ClN2O2S/c1-14(11-6-3-2-4-7-11)9-5-8-13-17(15,16)10-12/h11,13H,2-10H2,1H3. The summed E-state index contributed by atoms with van der Waals surface area (Å²) in [6.07, 6.45) is 7.42. The van der Waals surface area contributed by atoms with Crippen LogP contribution in [-0.2, 0) is 10.0 Å². The van der Waals surface area contributed by atoms with Gasteiger partial charge >= 0.3 is 0 Å². The second-order valence-electron chi connectivity index (χ2n) is 4.74. The van der Waals surface area contributed by atoms with Crippen molar-refractivity contribution in [3.63, 3.8) is 0 Å². The van der Waals surface area contributed by atoms with Gasteiger partial charge in [-0.1, -0.05) is 19.3 Å². The van der Waals surface area contributed by atoms with Gasteiger partial charge < -0.3 is 4.90 Å². The fourth-order valence-electron chi connectivity index (χ4n) is 2.30. The molecule has 0 bridgehead atoms. The number of nitrogens with zero attached hydrogens (tertiary/aromatic N) is 1. The molecular formula is C11H23ClN2O2S. The second kappa shape index (κ2) is 7.56. The monoisotopic (exact) mass is 282 g/mol. The first-order valence-electron chi connectivity index (χ1n) is 6.29. The smallest absolute Gasteiger partial charge is 0.225 e. The van der Waals surface area contributed by atoms with E-state index in [4.69, 9.17) is 11.6 Å². The van der Waals surface area contributed by atoms with E-state index in [1.54, 1.807) is 0 Å². The fourth-order valence-corrected chi connectivity index (χ4v) is 3.06. The van der Waals surface area contributed by atoms with E-state index in [9.17, 15) is 8.42 Å². The van der Waals surface area contributed by atoms with Crippen LogP contribution < -0.4 is 4.72 Å². The first kappa shape index (κ1) is 15.2. The zero-order valence-corrected chi connectivity index (χ0v) is 12.1. The molecule has 1 rings (SSSR count). The summed E-state index contributed by atoms with van der Waals surface area (Å²) in [7, 11) is -1.11. The predicted molar refractivity (Wildman–Crippen MR) is 71.8 cm³/mol. The molecule has 0 aromatic rings. The van der Waals surface area contributed by atoms with Gasteiger partial charge in [0.2, 0.25) is 10.0 Å². The van der Waals surface area contributed by atoms with Crippen molar-refractivity contribution >= 4 is 21.6 Å². The Balaban J connectivity index is 2.13. The van der Waals surface area contributed by atoms with Crippen LogP contribution in [0.2, 0.25) is 0 Å². The molecule has 0 saturated heterocycles. The first-order valence-corrected chi connectivity index (χ1v) is 8.47. The minimum atomic E-state index is -3.25. The van der Waals surface area contributed by atoms with Crippen LogP contribution in [0.4, 0.5) is 0 Å². The minimum Gasteiger partial charge on any atom is -0.303 e. The zero-order chi connectivity index (χ0) is 12.7. The number of sulfonamides is 1. The highest BCUT2D eigenvalue weighted by atomic mass is 35.5. The van der Waals surface area contributed by atoms with Gasteiger partial charge in [0.15, 0.2) is 0 Å². The van der Waals surface area contributed by atoms with Crippen molar-refractivity contribution in [2.45, 2.75) is 44.6 Å². The summed E-state index contributed by atoms with van der Waals surface area (Å²) >= 11 is 5.30. The lowest BCUT2D eigenvalue weighted by molar-refractivity contribution is 0.190. The molecule has 1 N–H and O–H groups in total. The van der Waals surface area contributed by atoms with Crippen LogP contribution in [0.25, 0.3) is 0 Å². The molecule has 102 valence electrons. The highest BCUT2D eigenvalue weighted by molar-refractivity contribution is 7.90. The van der Waals surface area contributed by atoms with Crippen molar-refractivity contribution in [1.82, 2.24) is 9.62 Å². The molecule has 0 amide bonds. The van der Waals surface area contributed by atoms with E-state index >= 15 is 0 Å². The van der Waals surface area contributed by atoms with E-state index in [1.807, 2.05) is 0 Å². The third-order valence-corrected chi connectivity index (χ3v) is 5.14. The average Bonchev–Trinajstić information content (AvgIpc) is 2.35. The molecule has 17 heavy (non-hydrogen) atoms. The van der Waals surface area contributed by atoms with Crippen molar-refractivity contribution in [3.8, 4) is 0 Å². The Kier molecular flexibility index (Phi) is 6.77. The van der Waals surface area contributed by atoms with Gasteiger partial charge in [-0.25, -0.2) is 13.1 Å². The van der Waals surface area contributed by atoms with E-state index in [2.05, 4.69) is 16.7 Å². The topological polar surface area (TPSA) is 49.4 Å². The van der Waals surface area contributed by atoms with E-state index < -0.39 is 10.0 Å². The molecule has 0 unspecified atom stereocenters. The highest BCUT2D eigenvalue weighted by Gasteiger charge is 2.17. The number of alkyl halides is 1. The summed E-state index contributed by atoms with van der Waals surface area (Å²) in [5.74, 6) is 0. The van der Waals surface area contributed by atoms with Crippen LogP contribution >= 0.6 is 11.6 Å². The quantitative estimate of drug-likeness (QED) is 0.572. The van der Waals surface area contributed by atoms with Crippen molar-refractivity contribution in [1.29, 1.82) is 0 Å². The number of rotatable bonds is 7. The predicted octanol–water partition coefficient (Wildman–Crippen LogP) is 1.76. The molecule has 6 heteroatoms. The van der Waals surface area contributed by atoms with Gasteiger partial charge in [0.25, 0.3) is 0 Å². The Morgan fingerprint density at radius 3 is 2.53 bits per heavy atom. The van der Waals surface area contributed by atoms with Gasteiger partial charge in [-0.2, -0.15) is 0 Å².